The number of hydrogen-bond donors (Lipinski definition) is 2. The van der Waals surface area contributed by atoms with Crippen LogP contribution in [0, 0.1) is 5.41 Å². The second-order valence-electron chi connectivity index (χ2n) is 10.0. The van der Waals surface area contributed by atoms with Crippen molar-refractivity contribution in [2.24, 2.45) is 5.41 Å². The van der Waals surface area contributed by atoms with E-state index in [0.29, 0.717) is 72.4 Å². The quantitative estimate of drug-likeness (QED) is 0.232. The minimum atomic E-state index is -0.374. The molecule has 0 fully saturated rings. The largest absolute Gasteiger partial charge is 0.446 e. The molecule has 0 bridgehead atoms. The molecule has 0 saturated heterocycles. The van der Waals surface area contributed by atoms with E-state index >= 15 is 0 Å². The van der Waals surface area contributed by atoms with Crippen molar-refractivity contribution in [2.45, 2.75) is 72.3 Å². The molecule has 0 spiro atoms. The lowest BCUT2D eigenvalue weighted by Crippen LogP contribution is -2.32. The molecule has 1 aliphatic carbocycles. The van der Waals surface area contributed by atoms with E-state index in [1.54, 1.807) is 0 Å². The Bertz CT molecular complexity index is 605. The maximum absolute atomic E-state index is 11.9. The second-order valence-corrected chi connectivity index (χ2v) is 10.0. The van der Waals surface area contributed by atoms with Crippen molar-refractivity contribution in [2.75, 3.05) is 65.9 Å². The van der Waals surface area contributed by atoms with Gasteiger partial charge in [-0.1, -0.05) is 32.4 Å². The molecule has 2 N–H and O–H groups in total. The molecule has 2 amide bonds. The highest BCUT2D eigenvalue weighted by Gasteiger charge is 2.15. The van der Waals surface area contributed by atoms with Gasteiger partial charge >= 0.3 is 6.09 Å². The minimum Gasteiger partial charge on any atom is -0.446 e. The molecule has 0 radical (unpaired) electrons. The molecule has 9 nitrogen and oxygen atoms in total. The fourth-order valence-corrected chi connectivity index (χ4v) is 3.29. The Labute approximate surface area is 211 Å². The van der Waals surface area contributed by atoms with Gasteiger partial charge in [-0.05, 0) is 44.4 Å². The maximum atomic E-state index is 11.9. The molecule has 0 aromatic carbocycles. The van der Waals surface area contributed by atoms with Crippen molar-refractivity contribution in [1.29, 1.82) is 0 Å². The van der Waals surface area contributed by atoms with Gasteiger partial charge in [-0.15, -0.1) is 0 Å². The fourth-order valence-electron chi connectivity index (χ4n) is 3.29. The average molecular weight is 501 g/mol. The number of alkyl carbamates (subject to hydrolysis) is 1. The Balaban J connectivity index is 1.81. The lowest BCUT2D eigenvalue weighted by atomic mass is 9.97. The van der Waals surface area contributed by atoms with E-state index < -0.39 is 0 Å². The maximum Gasteiger partial charge on any atom is 0.407 e. The number of carbonyl (C=O) groups is 2. The number of allylic oxidation sites excluding steroid dienone is 2. The van der Waals surface area contributed by atoms with E-state index in [1.807, 2.05) is 0 Å². The van der Waals surface area contributed by atoms with E-state index in [0.717, 1.165) is 32.1 Å². The molecule has 0 saturated carbocycles. The van der Waals surface area contributed by atoms with Crippen LogP contribution in [0.25, 0.3) is 0 Å². The third-order valence-electron chi connectivity index (χ3n) is 5.27. The highest BCUT2D eigenvalue weighted by atomic mass is 16.6. The van der Waals surface area contributed by atoms with E-state index in [2.05, 4.69) is 44.4 Å². The summed E-state index contributed by atoms with van der Waals surface area (Å²) in [6.07, 6.45) is 7.11. The number of hydrogen-bond acceptors (Lipinski definition) is 7. The van der Waals surface area contributed by atoms with Gasteiger partial charge in [-0.2, -0.15) is 0 Å². The van der Waals surface area contributed by atoms with E-state index in [9.17, 15) is 9.59 Å². The van der Waals surface area contributed by atoms with Crippen LogP contribution in [0.5, 0.6) is 0 Å². The van der Waals surface area contributed by atoms with Gasteiger partial charge in [0.25, 0.3) is 0 Å². The Morgan fingerprint density at radius 2 is 1.49 bits per heavy atom. The zero-order valence-electron chi connectivity index (χ0n) is 22.3. The normalized spacial score (nSPS) is 18.2. The summed E-state index contributed by atoms with van der Waals surface area (Å²) >= 11 is 0. The first kappa shape index (κ1) is 31.4. The predicted molar refractivity (Wildman–Crippen MR) is 135 cm³/mol. The molecule has 0 aliphatic heterocycles. The Kier molecular flexibility index (Phi) is 17.5. The Morgan fingerprint density at radius 1 is 0.886 bits per heavy atom. The smallest absolute Gasteiger partial charge is 0.407 e. The van der Waals surface area contributed by atoms with Crippen molar-refractivity contribution in [1.82, 2.24) is 10.6 Å². The van der Waals surface area contributed by atoms with Gasteiger partial charge in [0.2, 0.25) is 5.91 Å². The lowest BCUT2D eigenvalue weighted by Gasteiger charge is -2.19. The van der Waals surface area contributed by atoms with Crippen molar-refractivity contribution in [3.05, 3.63) is 11.6 Å². The van der Waals surface area contributed by atoms with Crippen molar-refractivity contribution < 1.29 is 33.3 Å². The van der Waals surface area contributed by atoms with E-state index in [-0.39, 0.29) is 23.5 Å². The van der Waals surface area contributed by atoms with Crippen LogP contribution in [-0.2, 0) is 28.5 Å². The topological polar surface area (TPSA) is 104 Å². The van der Waals surface area contributed by atoms with Gasteiger partial charge in [0.05, 0.1) is 52.9 Å². The summed E-state index contributed by atoms with van der Waals surface area (Å²) in [4.78, 5) is 23.6. The standard InChI is InChI=1S/C26H48N2O7/c1-22-7-5-9-23(10-6-8-22)35-25(30)27-12-14-32-16-18-34-20-19-33-17-15-31-13-11-24(29)28-21-26(2,3)4/h7,23H,5-6,8-21H2,1-4H3,(H,27,30)(H,28,29)/b22-7+. The van der Waals surface area contributed by atoms with E-state index in [1.165, 1.54) is 5.57 Å². The predicted octanol–water partition coefficient (Wildman–Crippen LogP) is 3.61. The van der Waals surface area contributed by atoms with Crippen LogP contribution in [0.3, 0.4) is 0 Å². The van der Waals surface area contributed by atoms with Crippen LogP contribution in [0.2, 0.25) is 0 Å². The van der Waals surface area contributed by atoms with Gasteiger partial charge in [0.1, 0.15) is 6.10 Å². The Hall–Kier alpha value is -1.68. The van der Waals surface area contributed by atoms with Crippen LogP contribution in [-0.4, -0.2) is 84.0 Å². The van der Waals surface area contributed by atoms with Gasteiger partial charge in [-0.3, -0.25) is 4.79 Å². The van der Waals surface area contributed by atoms with E-state index in [4.69, 9.17) is 23.7 Å². The zero-order chi connectivity index (χ0) is 25.8. The third kappa shape index (κ3) is 20.2. The minimum absolute atomic E-state index is 0.00486. The first-order valence-corrected chi connectivity index (χ1v) is 12.9. The molecular weight excluding hydrogens is 452 g/mol. The van der Waals surface area contributed by atoms with Crippen LogP contribution in [0.4, 0.5) is 4.79 Å². The van der Waals surface area contributed by atoms with Gasteiger partial charge < -0.3 is 34.3 Å². The summed E-state index contributed by atoms with van der Waals surface area (Å²) in [5.41, 5.74) is 1.51. The van der Waals surface area contributed by atoms with Crippen LogP contribution < -0.4 is 10.6 Å². The molecule has 0 aromatic heterocycles. The number of carbonyl (C=O) groups excluding carboxylic acids is 2. The molecule has 0 heterocycles. The fraction of sp³-hybridized carbons (Fsp3) is 0.846. The van der Waals surface area contributed by atoms with Crippen molar-refractivity contribution >= 4 is 12.0 Å². The van der Waals surface area contributed by atoms with Crippen LogP contribution >= 0.6 is 0 Å². The molecule has 1 rings (SSSR count). The summed E-state index contributed by atoms with van der Waals surface area (Å²) < 4.78 is 27.2. The average Bonchev–Trinajstić information content (AvgIpc) is 2.78. The SMILES string of the molecule is C/C1=C\CCC(OC(=O)NCCOCCOCCOCCOCCC(=O)NCC(C)(C)C)CCC1. The van der Waals surface area contributed by atoms with Crippen LogP contribution in [0.1, 0.15) is 66.2 Å². The monoisotopic (exact) mass is 500 g/mol. The molecule has 1 unspecified atom stereocenters. The number of rotatable bonds is 17. The molecule has 1 aliphatic rings. The molecular formula is C26H48N2O7. The molecule has 9 heteroatoms. The summed E-state index contributed by atoms with van der Waals surface area (Å²) in [5.74, 6) is 0.00486. The van der Waals surface area contributed by atoms with Crippen molar-refractivity contribution in [3.8, 4) is 0 Å². The van der Waals surface area contributed by atoms with Crippen molar-refractivity contribution in [3.63, 3.8) is 0 Å². The summed E-state index contributed by atoms with van der Waals surface area (Å²) in [6.45, 7) is 13.0. The highest BCUT2D eigenvalue weighted by molar-refractivity contribution is 5.75. The summed E-state index contributed by atoms with van der Waals surface area (Å²) in [6, 6.07) is 0. The second kappa shape index (κ2) is 19.5. The van der Waals surface area contributed by atoms with Gasteiger partial charge in [-0.25, -0.2) is 4.79 Å². The number of ether oxygens (including phenoxy) is 5. The molecule has 1 atom stereocenters. The highest BCUT2D eigenvalue weighted by Crippen LogP contribution is 2.19. The molecule has 0 aromatic rings. The van der Waals surface area contributed by atoms with Gasteiger partial charge in [0, 0.05) is 19.5 Å². The summed E-state index contributed by atoms with van der Waals surface area (Å²) in [5, 5.41) is 5.63. The number of nitrogens with one attached hydrogen (secondary N) is 2. The van der Waals surface area contributed by atoms with Crippen LogP contribution in [0.15, 0.2) is 11.6 Å². The zero-order valence-corrected chi connectivity index (χ0v) is 22.3. The molecule has 35 heavy (non-hydrogen) atoms. The lowest BCUT2D eigenvalue weighted by molar-refractivity contribution is -0.122. The molecule has 204 valence electrons. The number of amides is 2. The first-order chi connectivity index (χ1) is 16.8. The third-order valence-corrected chi connectivity index (χ3v) is 5.27. The van der Waals surface area contributed by atoms with Gasteiger partial charge in [0.15, 0.2) is 0 Å². The first-order valence-electron chi connectivity index (χ1n) is 12.9. The Morgan fingerprint density at radius 3 is 2.11 bits per heavy atom. The summed E-state index contributed by atoms with van der Waals surface area (Å²) in [7, 11) is 0.